The van der Waals surface area contributed by atoms with Gasteiger partial charge in [0.05, 0.1) is 17.1 Å². The molecule has 0 aromatic carbocycles. The highest BCUT2D eigenvalue weighted by Crippen LogP contribution is 2.26. The van der Waals surface area contributed by atoms with E-state index < -0.39 is 5.97 Å². The molecule has 21 heavy (non-hydrogen) atoms. The predicted molar refractivity (Wildman–Crippen MR) is 77.5 cm³/mol. The van der Waals surface area contributed by atoms with E-state index in [4.69, 9.17) is 10.5 Å². The van der Waals surface area contributed by atoms with Crippen LogP contribution in [0.2, 0.25) is 0 Å². The summed E-state index contributed by atoms with van der Waals surface area (Å²) in [5.74, 6) is -0.623. The lowest BCUT2D eigenvalue weighted by atomic mass is 10.3. The monoisotopic (exact) mass is 294 g/mol. The Labute approximate surface area is 124 Å². The number of hydrogen-bond acceptors (Lipinski definition) is 5. The van der Waals surface area contributed by atoms with Crippen LogP contribution in [0.5, 0.6) is 0 Å². The number of aromatic nitrogens is 2. The molecule has 0 radical (unpaired) electrons. The van der Waals surface area contributed by atoms with Crippen LogP contribution in [0.4, 0.5) is 5.69 Å². The molecule has 0 saturated heterocycles. The van der Waals surface area contributed by atoms with Gasteiger partial charge in [0.1, 0.15) is 6.54 Å². The number of aryl methyl sites for hydroxylation is 1. The summed E-state index contributed by atoms with van der Waals surface area (Å²) in [4.78, 5) is 25.5. The number of likely N-dealkylation sites (N-methyl/N-ethyl adjacent to an activating group) is 1. The van der Waals surface area contributed by atoms with Crippen LogP contribution in [-0.2, 0) is 20.9 Å². The van der Waals surface area contributed by atoms with Gasteiger partial charge in [0.2, 0.25) is 0 Å². The van der Waals surface area contributed by atoms with E-state index in [1.807, 2.05) is 6.92 Å². The Kier molecular flexibility index (Phi) is 4.50. The van der Waals surface area contributed by atoms with E-state index in [-0.39, 0.29) is 19.1 Å². The number of carbonyl (C=O) groups is 2. The van der Waals surface area contributed by atoms with E-state index in [2.05, 4.69) is 5.10 Å². The van der Waals surface area contributed by atoms with Crippen LogP contribution in [0.3, 0.4) is 0 Å². The molecule has 1 aliphatic rings. The molecule has 0 spiro atoms. The number of carbonyl (C=O) groups excluding carboxylic acids is 2. The molecule has 1 aromatic heterocycles. The first-order valence-corrected chi connectivity index (χ1v) is 7.18. The lowest BCUT2D eigenvalue weighted by Crippen LogP contribution is -2.36. The van der Waals surface area contributed by atoms with Gasteiger partial charge < -0.3 is 15.4 Å². The first kappa shape index (κ1) is 15.3. The van der Waals surface area contributed by atoms with E-state index in [0.717, 1.165) is 18.5 Å². The second kappa shape index (κ2) is 6.15. The average molecular weight is 294 g/mol. The maximum Gasteiger partial charge on any atom is 0.328 e. The van der Waals surface area contributed by atoms with Crippen molar-refractivity contribution < 1.29 is 14.3 Å². The van der Waals surface area contributed by atoms with Crippen molar-refractivity contribution in [3.8, 4) is 0 Å². The quantitative estimate of drug-likeness (QED) is 0.777. The third kappa shape index (κ3) is 3.53. The smallest absolute Gasteiger partial charge is 0.328 e. The van der Waals surface area contributed by atoms with Crippen molar-refractivity contribution in [3.05, 3.63) is 11.4 Å². The number of nitrogen functional groups attached to an aromatic ring is 1. The largest absolute Gasteiger partial charge is 0.454 e. The lowest BCUT2D eigenvalue weighted by Gasteiger charge is -2.19. The van der Waals surface area contributed by atoms with Crippen molar-refractivity contribution in [2.24, 2.45) is 0 Å². The summed E-state index contributed by atoms with van der Waals surface area (Å²) in [7, 11) is 0. The second-order valence-electron chi connectivity index (χ2n) is 5.31. The van der Waals surface area contributed by atoms with E-state index in [9.17, 15) is 9.59 Å². The highest BCUT2D eigenvalue weighted by molar-refractivity contribution is 5.81. The van der Waals surface area contributed by atoms with Crippen LogP contribution in [0, 0.1) is 13.8 Å². The maximum absolute atomic E-state index is 11.9. The number of nitrogens with zero attached hydrogens (tertiary/aromatic N) is 3. The summed E-state index contributed by atoms with van der Waals surface area (Å²) >= 11 is 0. The Bertz CT molecular complexity index is 549. The van der Waals surface area contributed by atoms with E-state index in [1.54, 1.807) is 18.7 Å². The van der Waals surface area contributed by atoms with Crippen molar-refractivity contribution in [1.29, 1.82) is 0 Å². The van der Waals surface area contributed by atoms with Crippen LogP contribution < -0.4 is 5.73 Å². The fourth-order valence-corrected chi connectivity index (χ4v) is 2.28. The van der Waals surface area contributed by atoms with Crippen LogP contribution in [-0.4, -0.2) is 45.8 Å². The SMILES string of the molecule is CCN(C(=O)COC(=O)Cn1nc(C)c(N)c1C)C1CC1. The third-order valence-corrected chi connectivity index (χ3v) is 3.72. The Morgan fingerprint density at radius 3 is 2.57 bits per heavy atom. The molecule has 0 atom stereocenters. The van der Waals surface area contributed by atoms with Gasteiger partial charge in [-0.05, 0) is 33.6 Å². The number of anilines is 1. The fourth-order valence-electron chi connectivity index (χ4n) is 2.28. The zero-order chi connectivity index (χ0) is 15.6. The molecular formula is C14H22N4O3. The summed E-state index contributed by atoms with van der Waals surface area (Å²) < 4.78 is 6.54. The number of esters is 1. The van der Waals surface area contributed by atoms with Gasteiger partial charge in [0, 0.05) is 12.6 Å². The summed E-state index contributed by atoms with van der Waals surface area (Å²) in [6.07, 6.45) is 2.08. The molecule has 7 nitrogen and oxygen atoms in total. The second-order valence-corrected chi connectivity index (χ2v) is 5.31. The number of ether oxygens (including phenoxy) is 1. The minimum atomic E-state index is -0.485. The van der Waals surface area contributed by atoms with Gasteiger partial charge in [-0.1, -0.05) is 0 Å². The van der Waals surface area contributed by atoms with Crippen LogP contribution in [0.25, 0.3) is 0 Å². The molecule has 0 bridgehead atoms. The maximum atomic E-state index is 11.9. The molecule has 116 valence electrons. The molecule has 1 saturated carbocycles. The Morgan fingerprint density at radius 2 is 2.10 bits per heavy atom. The van der Waals surface area contributed by atoms with Crippen molar-refractivity contribution in [3.63, 3.8) is 0 Å². The number of amides is 1. The standard InChI is InChI=1S/C14H22N4O3/c1-4-17(11-5-6-11)12(19)8-21-13(20)7-18-10(3)14(15)9(2)16-18/h11H,4-8,15H2,1-3H3. The Balaban J connectivity index is 1.84. The minimum Gasteiger partial charge on any atom is -0.454 e. The van der Waals surface area contributed by atoms with Crippen molar-refractivity contribution in [2.75, 3.05) is 18.9 Å². The first-order valence-electron chi connectivity index (χ1n) is 7.18. The molecule has 1 fully saturated rings. The third-order valence-electron chi connectivity index (χ3n) is 3.72. The molecule has 1 amide bonds. The van der Waals surface area contributed by atoms with Gasteiger partial charge in [-0.3, -0.25) is 14.3 Å². The number of rotatable bonds is 6. The molecule has 1 aliphatic carbocycles. The molecular weight excluding hydrogens is 272 g/mol. The highest BCUT2D eigenvalue weighted by Gasteiger charge is 2.31. The lowest BCUT2D eigenvalue weighted by molar-refractivity contribution is -0.152. The summed E-state index contributed by atoms with van der Waals surface area (Å²) in [5.41, 5.74) is 7.78. The summed E-state index contributed by atoms with van der Waals surface area (Å²) in [6, 6.07) is 0.331. The van der Waals surface area contributed by atoms with Crippen molar-refractivity contribution in [1.82, 2.24) is 14.7 Å². The Morgan fingerprint density at radius 1 is 1.43 bits per heavy atom. The normalized spacial score (nSPS) is 14.0. The van der Waals surface area contributed by atoms with Gasteiger partial charge >= 0.3 is 5.97 Å². The molecule has 2 rings (SSSR count). The van der Waals surface area contributed by atoms with Crippen LogP contribution >= 0.6 is 0 Å². The van der Waals surface area contributed by atoms with Crippen molar-refractivity contribution in [2.45, 2.75) is 46.2 Å². The fraction of sp³-hybridized carbons (Fsp3) is 0.643. The highest BCUT2D eigenvalue weighted by atomic mass is 16.5. The van der Waals surface area contributed by atoms with E-state index in [0.29, 0.717) is 24.0 Å². The van der Waals surface area contributed by atoms with Gasteiger partial charge in [0.25, 0.3) is 5.91 Å². The zero-order valence-corrected chi connectivity index (χ0v) is 12.8. The topological polar surface area (TPSA) is 90.5 Å². The minimum absolute atomic E-state index is 0.0350. The first-order chi connectivity index (χ1) is 9.93. The van der Waals surface area contributed by atoms with E-state index in [1.165, 1.54) is 4.68 Å². The van der Waals surface area contributed by atoms with Gasteiger partial charge in [-0.2, -0.15) is 5.10 Å². The zero-order valence-electron chi connectivity index (χ0n) is 12.8. The van der Waals surface area contributed by atoms with E-state index >= 15 is 0 Å². The summed E-state index contributed by atoms with van der Waals surface area (Å²) in [5, 5.41) is 4.16. The Hall–Kier alpha value is -2.05. The molecule has 0 unspecified atom stereocenters. The molecule has 7 heteroatoms. The molecule has 2 N–H and O–H groups in total. The average Bonchev–Trinajstić information content (AvgIpc) is 3.24. The van der Waals surface area contributed by atoms with Gasteiger partial charge in [-0.25, -0.2) is 0 Å². The molecule has 1 aromatic rings. The van der Waals surface area contributed by atoms with Gasteiger partial charge in [0.15, 0.2) is 6.61 Å². The van der Waals surface area contributed by atoms with Crippen LogP contribution in [0.1, 0.15) is 31.2 Å². The van der Waals surface area contributed by atoms with Crippen LogP contribution in [0.15, 0.2) is 0 Å². The molecule has 0 aliphatic heterocycles. The summed E-state index contributed by atoms with van der Waals surface area (Å²) in [6.45, 7) is 5.90. The predicted octanol–water partition coefficient (Wildman–Crippen LogP) is 0.636. The number of hydrogen-bond donors (Lipinski definition) is 1. The van der Waals surface area contributed by atoms with Crippen molar-refractivity contribution >= 4 is 17.6 Å². The van der Waals surface area contributed by atoms with Gasteiger partial charge in [-0.15, -0.1) is 0 Å². The molecule has 1 heterocycles. The number of nitrogens with two attached hydrogens (primary N) is 1.